The quantitative estimate of drug-likeness (QED) is 0.401. The molecule has 0 spiro atoms. The van der Waals surface area contributed by atoms with Crippen molar-refractivity contribution in [2.45, 2.75) is 25.4 Å². The molecule has 0 bridgehead atoms. The van der Waals surface area contributed by atoms with Gasteiger partial charge in [-0.15, -0.1) is 10.2 Å². The molecule has 2 heterocycles. The number of alkyl halides is 3. The molecule has 0 saturated carbocycles. The molecule has 1 unspecified atom stereocenters. The van der Waals surface area contributed by atoms with Gasteiger partial charge in [-0.25, -0.2) is 14.2 Å². The standard InChI is InChI=1S/C20H14Cl3F3N6O2/c21-12-6-4-11(5-7-12)18-28-32(19(34)30(18)10-16(33)20(24,25)26)9-13-8-31(29-27-13)15-3-1-2-14(22)17(15)23/h1-8,16,33H,9-10H2. The van der Waals surface area contributed by atoms with Crippen LogP contribution in [0.3, 0.4) is 0 Å². The Balaban J connectivity index is 1.71. The van der Waals surface area contributed by atoms with Gasteiger partial charge in [0.1, 0.15) is 5.69 Å². The smallest absolute Gasteiger partial charge is 0.382 e. The van der Waals surface area contributed by atoms with E-state index in [0.717, 1.165) is 9.25 Å². The van der Waals surface area contributed by atoms with Crippen molar-refractivity contribution < 1.29 is 18.3 Å². The number of hydrogen-bond donors (Lipinski definition) is 1. The zero-order valence-electron chi connectivity index (χ0n) is 16.9. The molecule has 2 aromatic carbocycles. The predicted molar refractivity (Wildman–Crippen MR) is 119 cm³/mol. The number of nitrogens with zero attached hydrogens (tertiary/aromatic N) is 6. The van der Waals surface area contributed by atoms with Gasteiger partial charge in [0.05, 0.1) is 35.0 Å². The lowest BCUT2D eigenvalue weighted by molar-refractivity contribution is -0.207. The van der Waals surface area contributed by atoms with Gasteiger partial charge in [0.25, 0.3) is 0 Å². The largest absolute Gasteiger partial charge is 0.416 e. The third-order valence-corrected chi connectivity index (χ3v) is 5.85. The van der Waals surface area contributed by atoms with E-state index in [0.29, 0.717) is 21.3 Å². The fourth-order valence-electron chi connectivity index (χ4n) is 3.11. The molecular formula is C20H14Cl3F3N6O2. The van der Waals surface area contributed by atoms with E-state index >= 15 is 0 Å². The molecule has 2 aromatic heterocycles. The zero-order valence-corrected chi connectivity index (χ0v) is 19.2. The maximum absolute atomic E-state index is 13.0. The van der Waals surface area contributed by atoms with Crippen LogP contribution >= 0.6 is 34.8 Å². The number of rotatable bonds is 6. The van der Waals surface area contributed by atoms with Crippen molar-refractivity contribution in [2.24, 2.45) is 0 Å². The number of hydrogen-bond acceptors (Lipinski definition) is 5. The first-order chi connectivity index (χ1) is 16.0. The number of aliphatic hydroxyl groups excluding tert-OH is 1. The third-order valence-electron chi connectivity index (χ3n) is 4.79. The molecule has 0 amide bonds. The van der Waals surface area contributed by atoms with Crippen LogP contribution in [0.4, 0.5) is 13.2 Å². The van der Waals surface area contributed by atoms with E-state index < -0.39 is 24.5 Å². The lowest BCUT2D eigenvalue weighted by atomic mass is 10.2. The first-order valence-corrected chi connectivity index (χ1v) is 10.7. The van der Waals surface area contributed by atoms with Crippen molar-refractivity contribution in [3.05, 3.63) is 79.9 Å². The van der Waals surface area contributed by atoms with Crippen molar-refractivity contribution >= 4 is 34.8 Å². The van der Waals surface area contributed by atoms with Crippen LogP contribution in [0.5, 0.6) is 0 Å². The molecule has 14 heteroatoms. The van der Waals surface area contributed by atoms with Crippen LogP contribution in [0.1, 0.15) is 5.69 Å². The van der Waals surface area contributed by atoms with E-state index in [4.69, 9.17) is 34.8 Å². The van der Waals surface area contributed by atoms with E-state index in [1.807, 2.05) is 0 Å². The highest BCUT2D eigenvalue weighted by Crippen LogP contribution is 2.28. The average Bonchev–Trinajstić information content (AvgIpc) is 3.36. The summed E-state index contributed by atoms with van der Waals surface area (Å²) in [5.74, 6) is -0.0738. The van der Waals surface area contributed by atoms with Crippen molar-refractivity contribution in [1.82, 2.24) is 29.3 Å². The van der Waals surface area contributed by atoms with Gasteiger partial charge in [0.2, 0.25) is 0 Å². The first-order valence-electron chi connectivity index (χ1n) is 9.58. The summed E-state index contributed by atoms with van der Waals surface area (Å²) in [5.41, 5.74) is 0.190. The van der Waals surface area contributed by atoms with Gasteiger partial charge in [-0.1, -0.05) is 46.1 Å². The van der Waals surface area contributed by atoms with Gasteiger partial charge in [-0.05, 0) is 36.4 Å². The Hall–Kier alpha value is -2.86. The van der Waals surface area contributed by atoms with Crippen LogP contribution in [-0.2, 0) is 13.1 Å². The van der Waals surface area contributed by atoms with Crippen LogP contribution in [0.25, 0.3) is 17.1 Å². The molecule has 0 saturated heterocycles. The Morgan fingerprint density at radius 3 is 2.44 bits per heavy atom. The van der Waals surface area contributed by atoms with Gasteiger partial charge < -0.3 is 5.11 Å². The van der Waals surface area contributed by atoms with Crippen LogP contribution < -0.4 is 5.69 Å². The number of aromatic nitrogens is 6. The fourth-order valence-corrected chi connectivity index (χ4v) is 3.62. The van der Waals surface area contributed by atoms with Gasteiger partial charge in [-0.2, -0.15) is 13.2 Å². The number of halogens is 6. The topological polar surface area (TPSA) is 90.8 Å². The molecule has 34 heavy (non-hydrogen) atoms. The first kappa shape index (κ1) is 24.3. The molecule has 178 valence electrons. The number of aliphatic hydroxyl groups is 1. The van der Waals surface area contributed by atoms with E-state index in [1.165, 1.54) is 35.1 Å². The highest BCUT2D eigenvalue weighted by Gasteiger charge is 2.39. The monoisotopic (exact) mass is 532 g/mol. The van der Waals surface area contributed by atoms with Gasteiger partial charge in [0, 0.05) is 10.6 Å². The average molecular weight is 534 g/mol. The summed E-state index contributed by atoms with van der Waals surface area (Å²) in [6.45, 7) is -1.24. The fraction of sp³-hybridized carbons (Fsp3) is 0.200. The Bertz CT molecular complexity index is 1380. The highest BCUT2D eigenvalue weighted by atomic mass is 35.5. The zero-order chi connectivity index (χ0) is 24.6. The van der Waals surface area contributed by atoms with Gasteiger partial charge in [0.15, 0.2) is 11.9 Å². The molecular weight excluding hydrogens is 520 g/mol. The summed E-state index contributed by atoms with van der Waals surface area (Å²) < 4.78 is 42.0. The van der Waals surface area contributed by atoms with Crippen LogP contribution in [0, 0.1) is 0 Å². The SMILES string of the molecule is O=c1n(Cc2cn(-c3cccc(Cl)c3Cl)nn2)nc(-c2ccc(Cl)cc2)n1CC(O)C(F)(F)F. The Morgan fingerprint density at radius 2 is 1.76 bits per heavy atom. The van der Waals surface area contributed by atoms with Crippen LogP contribution in [0.2, 0.25) is 15.1 Å². The second-order valence-electron chi connectivity index (χ2n) is 7.17. The molecule has 4 aromatic rings. The number of benzene rings is 2. The minimum Gasteiger partial charge on any atom is -0.382 e. The van der Waals surface area contributed by atoms with Crippen LogP contribution in [-0.4, -0.2) is 46.7 Å². The van der Waals surface area contributed by atoms with E-state index in [9.17, 15) is 23.1 Å². The van der Waals surface area contributed by atoms with Gasteiger partial charge >= 0.3 is 11.9 Å². The maximum atomic E-state index is 13.0. The summed E-state index contributed by atoms with van der Waals surface area (Å²) >= 11 is 18.1. The summed E-state index contributed by atoms with van der Waals surface area (Å²) in [6.07, 6.45) is -6.20. The molecule has 0 fully saturated rings. The third kappa shape index (κ3) is 4.97. The molecule has 0 aliphatic rings. The Labute approximate surface area is 204 Å². The highest BCUT2D eigenvalue weighted by molar-refractivity contribution is 6.43. The minimum absolute atomic E-state index is 0.0738. The molecule has 0 radical (unpaired) electrons. The minimum atomic E-state index is -4.92. The van der Waals surface area contributed by atoms with Crippen molar-refractivity contribution in [2.75, 3.05) is 0 Å². The van der Waals surface area contributed by atoms with E-state index in [-0.39, 0.29) is 23.1 Å². The summed E-state index contributed by atoms with van der Waals surface area (Å²) in [5, 5.41) is 22.6. The Morgan fingerprint density at radius 1 is 1.06 bits per heavy atom. The molecule has 0 aliphatic carbocycles. The maximum Gasteiger partial charge on any atom is 0.416 e. The van der Waals surface area contributed by atoms with E-state index in [1.54, 1.807) is 18.2 Å². The summed E-state index contributed by atoms with van der Waals surface area (Å²) in [6, 6.07) is 10.9. The molecule has 1 atom stereocenters. The second kappa shape index (κ2) is 9.41. The molecule has 0 aliphatic heterocycles. The normalized spacial score (nSPS) is 12.8. The van der Waals surface area contributed by atoms with Crippen molar-refractivity contribution in [3.8, 4) is 17.1 Å². The Kier molecular flexibility index (Phi) is 6.72. The molecule has 1 N–H and O–H groups in total. The van der Waals surface area contributed by atoms with Crippen LogP contribution in [0.15, 0.2) is 53.5 Å². The van der Waals surface area contributed by atoms with Crippen molar-refractivity contribution in [3.63, 3.8) is 0 Å². The lowest BCUT2D eigenvalue weighted by Crippen LogP contribution is -2.37. The second-order valence-corrected chi connectivity index (χ2v) is 8.39. The molecule has 8 nitrogen and oxygen atoms in total. The molecule has 4 rings (SSSR count). The predicted octanol–water partition coefficient (Wildman–Crippen LogP) is 4.22. The summed E-state index contributed by atoms with van der Waals surface area (Å²) in [4.78, 5) is 12.9. The summed E-state index contributed by atoms with van der Waals surface area (Å²) in [7, 11) is 0. The van der Waals surface area contributed by atoms with Gasteiger partial charge in [-0.3, -0.25) is 4.57 Å². The van der Waals surface area contributed by atoms with Crippen molar-refractivity contribution in [1.29, 1.82) is 0 Å². The lowest BCUT2D eigenvalue weighted by Gasteiger charge is -2.15. The van der Waals surface area contributed by atoms with E-state index in [2.05, 4.69) is 15.4 Å².